The molecule has 1 aliphatic rings. The van der Waals surface area contributed by atoms with Crippen LogP contribution in [0.1, 0.15) is 33.7 Å². The fourth-order valence-electron chi connectivity index (χ4n) is 6.32. The number of ketones is 1. The van der Waals surface area contributed by atoms with Crippen molar-refractivity contribution in [1.29, 1.82) is 0 Å². The summed E-state index contributed by atoms with van der Waals surface area (Å²) >= 11 is 3.61. The van der Waals surface area contributed by atoms with Crippen LogP contribution in [0, 0.1) is 0 Å². The van der Waals surface area contributed by atoms with Crippen LogP contribution >= 0.6 is 15.9 Å². The first-order valence-electron chi connectivity index (χ1n) is 15.2. The molecule has 1 amide bonds. The highest BCUT2D eigenvalue weighted by Crippen LogP contribution is 2.44. The van der Waals surface area contributed by atoms with Gasteiger partial charge in [0.1, 0.15) is 12.6 Å². The Labute approximate surface area is 278 Å². The van der Waals surface area contributed by atoms with Crippen molar-refractivity contribution >= 4 is 33.3 Å². The number of nitrogens with zero attached hydrogens (tertiary/aromatic N) is 1. The number of carbonyl (C=O) groups is 2. The van der Waals surface area contributed by atoms with Gasteiger partial charge in [-0.05, 0) is 49.8 Å². The molecule has 46 heavy (non-hydrogen) atoms. The zero-order valence-corrected chi connectivity index (χ0v) is 27.1. The summed E-state index contributed by atoms with van der Waals surface area (Å²) in [5.74, 6) is -1.64. The molecule has 1 N–H and O–H groups in total. The fourth-order valence-corrected chi connectivity index (χ4v) is 6.92. The van der Waals surface area contributed by atoms with Crippen molar-refractivity contribution in [3.63, 3.8) is 0 Å². The second-order valence-electron chi connectivity index (χ2n) is 11.2. The molecule has 0 spiro atoms. The average molecular weight is 676 g/mol. The lowest BCUT2D eigenvalue weighted by atomic mass is 9.76. The number of para-hydroxylation sites is 1. The van der Waals surface area contributed by atoms with Crippen molar-refractivity contribution in [2.45, 2.75) is 24.1 Å². The van der Waals surface area contributed by atoms with Crippen molar-refractivity contribution in [2.24, 2.45) is 0 Å². The Bertz CT molecular complexity index is 1670. The summed E-state index contributed by atoms with van der Waals surface area (Å²) in [6.45, 7) is 0.389. The number of benzene rings is 5. The molecule has 1 unspecified atom stereocenters. The van der Waals surface area contributed by atoms with Crippen molar-refractivity contribution in [3.05, 3.63) is 172 Å². The number of amides is 1. The number of methoxy groups -OCH3 is 1. The molecule has 5 aromatic carbocycles. The third-order valence-corrected chi connectivity index (χ3v) is 9.05. The van der Waals surface area contributed by atoms with E-state index in [1.807, 2.05) is 103 Å². The molecule has 1 aliphatic heterocycles. The van der Waals surface area contributed by atoms with Crippen molar-refractivity contribution in [2.75, 3.05) is 25.3 Å². The van der Waals surface area contributed by atoms with Crippen LogP contribution in [-0.2, 0) is 31.2 Å². The summed E-state index contributed by atoms with van der Waals surface area (Å²) in [4.78, 5) is 30.5. The molecule has 232 valence electrons. The van der Waals surface area contributed by atoms with Gasteiger partial charge in [-0.1, -0.05) is 133 Å². The van der Waals surface area contributed by atoms with E-state index in [0.717, 1.165) is 26.7 Å². The zero-order chi connectivity index (χ0) is 31.9. The van der Waals surface area contributed by atoms with E-state index in [1.54, 1.807) is 0 Å². The van der Waals surface area contributed by atoms with E-state index in [0.29, 0.717) is 17.9 Å². The SMILES string of the molecule is COCN1C(=O)C(C(=O)[C@H](COCc2ccccc2)NC(c2ccccc2)(c2ccccc2)c2ccccc2)c2cccc(Br)c21. The largest absolute Gasteiger partial charge is 0.375 e. The minimum absolute atomic E-state index is 0.0306. The third-order valence-electron chi connectivity index (χ3n) is 8.41. The molecule has 0 radical (unpaired) electrons. The third kappa shape index (κ3) is 6.19. The number of Topliss-reactive ketones (excluding diaryl/α,β-unsaturated/α-hetero) is 1. The van der Waals surface area contributed by atoms with Gasteiger partial charge in [0.25, 0.3) is 0 Å². The number of anilines is 1. The van der Waals surface area contributed by atoms with Crippen molar-refractivity contribution in [3.8, 4) is 0 Å². The zero-order valence-electron chi connectivity index (χ0n) is 25.5. The summed E-state index contributed by atoms with van der Waals surface area (Å²) in [7, 11) is 1.54. The predicted octanol–water partition coefficient (Wildman–Crippen LogP) is 7.22. The van der Waals surface area contributed by atoms with Gasteiger partial charge in [-0.25, -0.2) is 0 Å². The Morgan fingerprint density at radius 2 is 1.30 bits per heavy atom. The summed E-state index contributed by atoms with van der Waals surface area (Å²) in [6.07, 6.45) is 0. The number of nitrogens with one attached hydrogen (secondary N) is 1. The highest BCUT2D eigenvalue weighted by atomic mass is 79.9. The average Bonchev–Trinajstić information content (AvgIpc) is 3.39. The first-order valence-corrected chi connectivity index (χ1v) is 16.0. The van der Waals surface area contributed by atoms with Crippen LogP contribution in [-0.4, -0.2) is 38.2 Å². The number of carbonyl (C=O) groups excluding carboxylic acids is 2. The molecule has 1 heterocycles. The van der Waals surface area contributed by atoms with Crippen LogP contribution in [0.4, 0.5) is 5.69 Å². The van der Waals surface area contributed by atoms with E-state index in [4.69, 9.17) is 9.47 Å². The van der Waals surface area contributed by atoms with Gasteiger partial charge in [0.2, 0.25) is 5.91 Å². The van der Waals surface area contributed by atoms with Crippen LogP contribution < -0.4 is 10.2 Å². The number of fused-ring (bicyclic) bond motifs is 1. The second-order valence-corrected chi connectivity index (χ2v) is 12.1. The number of rotatable bonds is 13. The lowest BCUT2D eigenvalue weighted by Crippen LogP contribution is -2.55. The molecule has 0 saturated heterocycles. The molecule has 7 heteroatoms. The molecule has 0 aliphatic carbocycles. The van der Waals surface area contributed by atoms with Gasteiger partial charge < -0.3 is 9.47 Å². The Morgan fingerprint density at radius 1 is 0.783 bits per heavy atom. The van der Waals surface area contributed by atoms with Crippen LogP contribution in [0.25, 0.3) is 0 Å². The molecule has 2 atom stereocenters. The molecular weight excluding hydrogens is 640 g/mol. The lowest BCUT2D eigenvalue weighted by molar-refractivity contribution is -0.131. The van der Waals surface area contributed by atoms with Crippen molar-refractivity contribution < 1.29 is 19.1 Å². The number of ether oxygens (including phenoxy) is 2. The highest BCUT2D eigenvalue weighted by molar-refractivity contribution is 9.10. The van der Waals surface area contributed by atoms with Gasteiger partial charge in [-0.15, -0.1) is 0 Å². The van der Waals surface area contributed by atoms with Gasteiger partial charge in [0.15, 0.2) is 5.78 Å². The maximum Gasteiger partial charge on any atom is 0.244 e. The van der Waals surface area contributed by atoms with E-state index in [1.165, 1.54) is 12.0 Å². The Hall–Kier alpha value is -4.40. The molecule has 6 rings (SSSR count). The number of hydrogen-bond acceptors (Lipinski definition) is 5. The quantitative estimate of drug-likeness (QED) is 0.106. The Kier molecular flexibility index (Phi) is 9.85. The summed E-state index contributed by atoms with van der Waals surface area (Å²) in [5.41, 5.74) is 4.19. The Morgan fingerprint density at radius 3 is 1.83 bits per heavy atom. The molecule has 0 fully saturated rings. The smallest absolute Gasteiger partial charge is 0.244 e. The summed E-state index contributed by atoms with van der Waals surface area (Å²) in [6, 6.07) is 44.8. The van der Waals surface area contributed by atoms with Gasteiger partial charge in [0, 0.05) is 11.6 Å². The van der Waals surface area contributed by atoms with E-state index < -0.39 is 17.5 Å². The first kappa shape index (κ1) is 31.6. The molecular formula is C39H35BrN2O4. The summed E-state index contributed by atoms with van der Waals surface area (Å²) in [5, 5.41) is 3.80. The van der Waals surface area contributed by atoms with E-state index >= 15 is 0 Å². The van der Waals surface area contributed by atoms with E-state index in [2.05, 4.69) is 57.6 Å². The molecule has 6 nitrogen and oxygen atoms in total. The predicted molar refractivity (Wildman–Crippen MR) is 183 cm³/mol. The van der Waals surface area contributed by atoms with Crippen LogP contribution in [0.3, 0.4) is 0 Å². The van der Waals surface area contributed by atoms with Gasteiger partial charge in [-0.3, -0.25) is 19.8 Å². The fraction of sp³-hybridized carbons (Fsp3) is 0.179. The minimum Gasteiger partial charge on any atom is -0.375 e. The maximum atomic E-state index is 14.9. The van der Waals surface area contributed by atoms with Crippen molar-refractivity contribution in [1.82, 2.24) is 5.32 Å². The van der Waals surface area contributed by atoms with Gasteiger partial charge in [-0.2, -0.15) is 0 Å². The standard InChI is InChI=1S/C39H35BrN2O4/c1-45-27-42-36-32(23-14-24-33(36)40)35(38(42)44)37(43)34(26-46-25-28-15-6-2-7-16-28)41-39(29-17-8-3-9-18-29,30-19-10-4-11-20-30)31-21-12-5-13-22-31/h2-24,34-35,41H,25-27H2,1H3/t34-,35?/m0/s1. The van der Waals surface area contributed by atoms with Gasteiger partial charge in [0.05, 0.1) is 30.5 Å². The lowest BCUT2D eigenvalue weighted by Gasteiger charge is -2.40. The molecule has 5 aromatic rings. The van der Waals surface area contributed by atoms with E-state index in [9.17, 15) is 9.59 Å². The van der Waals surface area contributed by atoms with Crippen LogP contribution in [0.2, 0.25) is 0 Å². The van der Waals surface area contributed by atoms with Gasteiger partial charge >= 0.3 is 0 Å². The molecule has 0 saturated carbocycles. The normalized spacial score (nSPS) is 15.0. The number of halogens is 1. The van der Waals surface area contributed by atoms with E-state index in [-0.39, 0.29) is 25.0 Å². The molecule has 0 bridgehead atoms. The first-order chi connectivity index (χ1) is 22.5. The maximum absolute atomic E-state index is 14.9. The second kappa shape index (κ2) is 14.4. The topological polar surface area (TPSA) is 67.9 Å². The monoisotopic (exact) mass is 674 g/mol. The minimum atomic E-state index is -1.04. The van der Waals surface area contributed by atoms with Crippen LogP contribution in [0.5, 0.6) is 0 Å². The highest BCUT2D eigenvalue weighted by Gasteiger charge is 2.47. The molecule has 0 aromatic heterocycles. The summed E-state index contributed by atoms with van der Waals surface area (Å²) < 4.78 is 12.4. The Balaban J connectivity index is 1.48. The van der Waals surface area contributed by atoms with Crippen LogP contribution in [0.15, 0.2) is 144 Å². The number of hydrogen-bond donors (Lipinski definition) is 1.